The SMILES string of the molecule is COCCNc1c(Br)cc(C=O)cc1S(=O)(=O)N1CCOCC1. The maximum atomic E-state index is 12.9. The predicted octanol–water partition coefficient (Wildman–Crippen LogP) is 1.34. The zero-order chi connectivity index (χ0) is 16.9. The van der Waals surface area contributed by atoms with Gasteiger partial charge in [0.05, 0.1) is 25.5 Å². The van der Waals surface area contributed by atoms with Gasteiger partial charge in [-0.25, -0.2) is 8.42 Å². The van der Waals surface area contributed by atoms with Gasteiger partial charge in [0, 0.05) is 36.8 Å². The van der Waals surface area contributed by atoms with Gasteiger partial charge in [-0.3, -0.25) is 4.79 Å². The number of rotatable bonds is 7. The van der Waals surface area contributed by atoms with Crippen molar-refractivity contribution in [1.82, 2.24) is 4.31 Å². The molecule has 7 nitrogen and oxygen atoms in total. The maximum absolute atomic E-state index is 12.9. The van der Waals surface area contributed by atoms with Crippen molar-refractivity contribution < 1.29 is 22.7 Å². The molecule has 0 saturated carbocycles. The van der Waals surface area contributed by atoms with Gasteiger partial charge in [0.15, 0.2) is 0 Å². The van der Waals surface area contributed by atoms with Crippen LogP contribution >= 0.6 is 15.9 Å². The number of nitrogens with zero attached hydrogens (tertiary/aromatic N) is 1. The highest BCUT2D eigenvalue weighted by molar-refractivity contribution is 9.10. The Morgan fingerprint density at radius 2 is 2.09 bits per heavy atom. The summed E-state index contributed by atoms with van der Waals surface area (Å²) in [5, 5.41) is 3.05. The van der Waals surface area contributed by atoms with E-state index in [0.29, 0.717) is 61.5 Å². The molecule has 0 atom stereocenters. The number of hydrogen-bond donors (Lipinski definition) is 1. The molecule has 2 rings (SSSR count). The van der Waals surface area contributed by atoms with Crippen LogP contribution in [0.15, 0.2) is 21.5 Å². The van der Waals surface area contributed by atoms with E-state index in [2.05, 4.69) is 21.2 Å². The van der Waals surface area contributed by atoms with Crippen LogP contribution in [0.1, 0.15) is 10.4 Å². The Kier molecular flexibility index (Phi) is 6.54. The van der Waals surface area contributed by atoms with Crippen LogP contribution in [0.3, 0.4) is 0 Å². The Bertz CT molecular complexity index is 659. The number of sulfonamides is 1. The van der Waals surface area contributed by atoms with E-state index in [1.807, 2.05) is 0 Å². The van der Waals surface area contributed by atoms with Gasteiger partial charge in [0.25, 0.3) is 0 Å². The first-order valence-corrected chi connectivity index (χ1v) is 9.33. The van der Waals surface area contributed by atoms with Crippen LogP contribution in [-0.4, -0.2) is 65.6 Å². The fourth-order valence-electron chi connectivity index (χ4n) is 2.25. The van der Waals surface area contributed by atoms with Crippen LogP contribution in [-0.2, 0) is 19.5 Å². The highest BCUT2D eigenvalue weighted by Crippen LogP contribution is 2.33. The monoisotopic (exact) mass is 406 g/mol. The van der Waals surface area contributed by atoms with Gasteiger partial charge in [-0.2, -0.15) is 4.31 Å². The molecule has 128 valence electrons. The molecule has 1 N–H and O–H groups in total. The van der Waals surface area contributed by atoms with Crippen molar-refractivity contribution in [3.8, 4) is 0 Å². The van der Waals surface area contributed by atoms with E-state index in [9.17, 15) is 13.2 Å². The Labute approximate surface area is 144 Å². The van der Waals surface area contributed by atoms with Crippen LogP contribution in [0, 0.1) is 0 Å². The van der Waals surface area contributed by atoms with E-state index < -0.39 is 10.0 Å². The van der Waals surface area contributed by atoms with E-state index in [1.54, 1.807) is 13.2 Å². The normalized spacial score (nSPS) is 16.3. The second kappa shape index (κ2) is 8.20. The summed E-state index contributed by atoms with van der Waals surface area (Å²) in [4.78, 5) is 11.2. The van der Waals surface area contributed by atoms with Gasteiger partial charge in [-0.05, 0) is 28.1 Å². The Morgan fingerprint density at radius 1 is 1.39 bits per heavy atom. The molecule has 1 aliphatic rings. The lowest BCUT2D eigenvalue weighted by atomic mass is 10.2. The van der Waals surface area contributed by atoms with Gasteiger partial charge in [-0.1, -0.05) is 0 Å². The molecule has 1 saturated heterocycles. The summed E-state index contributed by atoms with van der Waals surface area (Å²) >= 11 is 3.34. The van der Waals surface area contributed by atoms with Crippen LogP contribution < -0.4 is 5.32 Å². The lowest BCUT2D eigenvalue weighted by Crippen LogP contribution is -2.40. The number of morpholine rings is 1. The summed E-state index contributed by atoms with van der Waals surface area (Å²) in [6, 6.07) is 2.97. The average Bonchev–Trinajstić information content (AvgIpc) is 2.56. The minimum atomic E-state index is -3.72. The Hall–Kier alpha value is -1.00. The second-order valence-corrected chi connectivity index (χ2v) is 7.69. The zero-order valence-corrected chi connectivity index (χ0v) is 15.2. The fraction of sp³-hybridized carbons (Fsp3) is 0.500. The Balaban J connectivity index is 2.44. The minimum Gasteiger partial charge on any atom is -0.383 e. The molecule has 0 radical (unpaired) electrons. The van der Waals surface area contributed by atoms with E-state index in [4.69, 9.17) is 9.47 Å². The van der Waals surface area contributed by atoms with E-state index in [-0.39, 0.29) is 4.90 Å². The maximum Gasteiger partial charge on any atom is 0.245 e. The van der Waals surface area contributed by atoms with Gasteiger partial charge in [-0.15, -0.1) is 0 Å². The number of carbonyl (C=O) groups is 1. The van der Waals surface area contributed by atoms with Crippen molar-refractivity contribution >= 4 is 37.9 Å². The third kappa shape index (κ3) is 4.30. The first-order valence-electron chi connectivity index (χ1n) is 7.10. The smallest absolute Gasteiger partial charge is 0.245 e. The third-order valence-corrected chi connectivity index (χ3v) is 5.96. The first-order chi connectivity index (χ1) is 11.0. The molecule has 1 heterocycles. The lowest BCUT2D eigenvalue weighted by molar-refractivity contribution is 0.0730. The number of anilines is 1. The van der Waals surface area contributed by atoms with Crippen LogP contribution in [0.2, 0.25) is 0 Å². The number of nitrogens with one attached hydrogen (secondary N) is 1. The summed E-state index contributed by atoms with van der Waals surface area (Å²) in [6.07, 6.45) is 0.627. The molecule has 0 spiro atoms. The number of aldehydes is 1. The summed E-state index contributed by atoms with van der Waals surface area (Å²) in [5.74, 6) is 0. The molecule has 1 aliphatic heterocycles. The zero-order valence-electron chi connectivity index (χ0n) is 12.7. The molecule has 0 unspecified atom stereocenters. The highest BCUT2D eigenvalue weighted by atomic mass is 79.9. The largest absolute Gasteiger partial charge is 0.383 e. The summed E-state index contributed by atoms with van der Waals surface area (Å²) in [7, 11) is -2.16. The number of methoxy groups -OCH3 is 1. The summed E-state index contributed by atoms with van der Waals surface area (Å²) in [5.41, 5.74) is 0.722. The molecule has 0 amide bonds. The molecule has 0 aromatic heterocycles. The molecule has 1 aromatic carbocycles. The molecule has 9 heteroatoms. The second-order valence-electron chi connectivity index (χ2n) is 4.93. The van der Waals surface area contributed by atoms with Crippen molar-refractivity contribution in [2.75, 3.05) is 51.9 Å². The highest BCUT2D eigenvalue weighted by Gasteiger charge is 2.30. The van der Waals surface area contributed by atoms with Gasteiger partial charge >= 0.3 is 0 Å². The summed E-state index contributed by atoms with van der Waals surface area (Å²) < 4.78 is 37.9. The molecule has 23 heavy (non-hydrogen) atoms. The summed E-state index contributed by atoms with van der Waals surface area (Å²) in [6.45, 7) is 2.19. The molecule has 0 aliphatic carbocycles. The number of carbonyl (C=O) groups excluding carboxylic acids is 1. The Morgan fingerprint density at radius 3 is 2.70 bits per heavy atom. The third-order valence-electron chi connectivity index (χ3n) is 3.41. The van der Waals surface area contributed by atoms with Crippen LogP contribution in [0.25, 0.3) is 0 Å². The quantitative estimate of drug-likeness (QED) is 0.543. The average molecular weight is 407 g/mol. The predicted molar refractivity (Wildman–Crippen MR) is 89.5 cm³/mol. The molecular weight excluding hydrogens is 388 g/mol. The first kappa shape index (κ1) is 18.3. The number of benzene rings is 1. The topological polar surface area (TPSA) is 84.9 Å². The van der Waals surface area contributed by atoms with E-state index >= 15 is 0 Å². The standard InChI is InChI=1S/C14H19BrN2O5S/c1-21-5-2-16-14-12(15)8-11(10-18)9-13(14)23(19,20)17-3-6-22-7-4-17/h8-10,16H,2-7H2,1H3. The number of halogens is 1. The number of hydrogen-bond acceptors (Lipinski definition) is 6. The molecule has 1 aromatic rings. The van der Waals surface area contributed by atoms with Crippen molar-refractivity contribution in [3.63, 3.8) is 0 Å². The van der Waals surface area contributed by atoms with Gasteiger partial charge in [0.2, 0.25) is 10.0 Å². The van der Waals surface area contributed by atoms with Gasteiger partial charge < -0.3 is 14.8 Å². The van der Waals surface area contributed by atoms with Crippen molar-refractivity contribution in [2.24, 2.45) is 0 Å². The van der Waals surface area contributed by atoms with E-state index in [0.717, 1.165) is 0 Å². The van der Waals surface area contributed by atoms with Crippen LogP contribution in [0.5, 0.6) is 0 Å². The fourth-order valence-corrected chi connectivity index (χ4v) is 4.63. The molecule has 1 fully saturated rings. The van der Waals surface area contributed by atoms with Crippen LogP contribution in [0.4, 0.5) is 5.69 Å². The lowest BCUT2D eigenvalue weighted by Gasteiger charge is -2.27. The van der Waals surface area contributed by atoms with Gasteiger partial charge in [0.1, 0.15) is 11.2 Å². The van der Waals surface area contributed by atoms with Crippen molar-refractivity contribution in [2.45, 2.75) is 4.90 Å². The molecule has 0 bridgehead atoms. The minimum absolute atomic E-state index is 0.0759. The van der Waals surface area contributed by atoms with Crippen molar-refractivity contribution in [1.29, 1.82) is 0 Å². The van der Waals surface area contributed by atoms with Crippen molar-refractivity contribution in [3.05, 3.63) is 22.2 Å². The molecular formula is C14H19BrN2O5S. The van der Waals surface area contributed by atoms with E-state index in [1.165, 1.54) is 10.4 Å². The number of ether oxygens (including phenoxy) is 2.